The van der Waals surface area contributed by atoms with Crippen LogP contribution in [0.15, 0.2) is 218 Å². The number of rotatable bonds is 13. The van der Waals surface area contributed by atoms with E-state index >= 15 is 0 Å². The summed E-state index contributed by atoms with van der Waals surface area (Å²) in [5.74, 6) is 3.58. The van der Waals surface area contributed by atoms with Gasteiger partial charge in [0.2, 0.25) is 23.1 Å². The fraction of sp³-hybridized carbons (Fsp3) is 0.404. The molecule has 0 bridgehead atoms. The van der Waals surface area contributed by atoms with Gasteiger partial charge in [-0.15, -0.1) is 12.4 Å². The first kappa shape index (κ1) is 111. The Morgan fingerprint density at radius 2 is 0.705 bits per heavy atom. The van der Waals surface area contributed by atoms with Crippen LogP contribution in [0.3, 0.4) is 0 Å². The average Bonchev–Trinajstić information content (AvgIpc) is 1.68. The van der Waals surface area contributed by atoms with Crippen molar-refractivity contribution in [3.05, 3.63) is 259 Å². The largest absolute Gasteiger partial charge is 1.00 e. The Labute approximate surface area is 935 Å². The maximum atomic E-state index is 13.2. The van der Waals surface area contributed by atoms with E-state index in [0.717, 1.165) is 215 Å². The van der Waals surface area contributed by atoms with Gasteiger partial charge in [-0.1, -0.05) is 88.7 Å². The van der Waals surface area contributed by atoms with Gasteiger partial charge >= 0.3 is 29.6 Å². The smallest absolute Gasteiger partial charge is 0.778 e. The molecule has 8 aliphatic rings. The van der Waals surface area contributed by atoms with Crippen molar-refractivity contribution in [2.75, 3.05) is 84.3 Å². The van der Waals surface area contributed by atoms with Gasteiger partial charge in [0, 0.05) is 196 Å². The van der Waals surface area contributed by atoms with Crippen molar-refractivity contribution in [2.45, 2.75) is 202 Å². The number of nitrogens with zero attached hydrogens (tertiary/aromatic N) is 22. The Morgan fingerprint density at radius 1 is 0.390 bits per heavy atom. The second-order valence-corrected chi connectivity index (χ2v) is 51.9. The number of imidazole rings is 4. The van der Waals surface area contributed by atoms with Gasteiger partial charge in [-0.2, -0.15) is 4.90 Å². The molecule has 0 saturated carbocycles. The number of pyridine rings is 7. The number of anilines is 6. The van der Waals surface area contributed by atoms with Crippen molar-refractivity contribution < 1.29 is 42.2 Å². The molecule has 0 radical (unpaired) electrons. The molecule has 146 heavy (non-hydrogen) atoms. The number of fused-ring (bicyclic) bond motifs is 8. The van der Waals surface area contributed by atoms with Crippen LogP contribution in [0.4, 0.5) is 35.3 Å². The molecule has 4 aliphatic carbocycles. The van der Waals surface area contributed by atoms with Crippen LogP contribution in [-0.2, 0) is 71.3 Å². The molecule has 4 fully saturated rings. The molecule has 4 spiro atoms. The molecule has 15 aromatic heterocycles. The minimum absolute atomic E-state index is 0. The van der Waals surface area contributed by atoms with Crippen molar-refractivity contribution in [3.8, 4) is 0 Å². The van der Waals surface area contributed by atoms with E-state index in [2.05, 4.69) is 150 Å². The van der Waals surface area contributed by atoms with Crippen molar-refractivity contribution in [1.29, 1.82) is 0 Å². The number of nitrogens with one attached hydrogen (secondary N) is 4. The molecular weight excluding hydrogens is 2210 g/mol. The standard InChI is InChI=1S/C27H31ClN8OS2.C23H23ClN8S.C22H27BrN6OS.C16H25N3OS.C6H3BrClN3.C5H5ClN2S.ClH.Na/c1-26(2,3)39(37)34-22-17-5-4-9-30-18(17)15-27(22)7-12-35(13-8-27)25-33-16-20(24-32-11-14-36(24)25)38-19-6-10-31-23(29)21(19)28;24-18-16(3-7-28-20(18)26)33-17-13-30-22(32-11-8-29-21(17)32)31-9-4-23(5-10-31)12-15-14(19(23)25)2-1-6-27-15;1-21(2,3)31(30)27-18-15-5-4-8-24-17(15)13-22(18)6-10-28(11-7-22)20-26-14-16(23)19-25-9-12-29(19)20;1-15(2,3)21(20)19-14-12-5-4-8-18-13(12)11-16(14)6-9-17-10-7-16;7-4-3-10-6(8)11-2-1-9-5(4)11;6-4-3(9)1-2-8-5(4)7;;/h4-6,9-11,14,16,22,34H,7-8,12-13,15H2,1-3H3,(H2,29,31);1-3,6-8,11,13,19H,4-5,9-10,12,25H2,(H2,26,28);4-5,8-9,12,14,18,27H,6-7,10-11,13H2,1-3H3;4-5,8,14,17,19H,6-7,9-11H2,1-3H3;1-3H;1-2H,(H3,7,8,9);1H;/q;;;;;;;+1/p-1/t22-,39-;19-;18-,31-;14-,21-;;;;/m1111..../s1. The number of halogens is 7. The minimum Gasteiger partial charge on any atom is -0.778 e. The molecule has 33 nitrogen and oxygen atoms in total. The van der Waals surface area contributed by atoms with E-state index in [1.54, 1.807) is 60.0 Å². The van der Waals surface area contributed by atoms with Gasteiger partial charge in [-0.05, 0) is 276 Å². The van der Waals surface area contributed by atoms with Crippen LogP contribution in [0.5, 0.6) is 0 Å². The Bertz CT molecular complexity index is 7240. The minimum atomic E-state index is -1.18. The van der Waals surface area contributed by atoms with Crippen LogP contribution in [0.25, 0.3) is 22.6 Å². The summed E-state index contributed by atoms with van der Waals surface area (Å²) in [4.78, 5) is 77.3. The zero-order valence-electron chi connectivity index (χ0n) is 82.3. The summed E-state index contributed by atoms with van der Waals surface area (Å²) in [5, 5.41) is 5.10. The Kier molecular flexibility index (Phi) is 35.0. The molecule has 47 heteroatoms. The van der Waals surface area contributed by atoms with Crippen LogP contribution in [-0.4, -0.2) is 172 Å². The third kappa shape index (κ3) is 23.3. The summed E-state index contributed by atoms with van der Waals surface area (Å²) in [7, 11) is -3.39. The zero-order valence-corrected chi connectivity index (χ0v) is 96.2. The normalized spacial score (nSPS) is 19.2. The SMILES string of the molecule is CC(C)(C)[S@@](=O)N[C@@H]1c2cccnc2CC12CCN(c1ncc(Br)c3nccn13)CC2.CC(C)(C)[S@@](=O)N[C@@H]1c2cccnc2CC12CCN(c1ncc(Sc3ccnc(N)c3Cl)c3nccn13)CC2.CC(C)(C)[S@@](=O)N[C@@H]1c2cccnc2CC12CCNCC2.Cl.Clc1ncc(Br)c2nccn12.Nc1nccc(Sc2cnc(N3CCC4(CC3)Cc3ncccc3[C@H]4N)n3ccnc23)c1Cl.Nc1nccc([S-])c1Cl.[Na+]. The van der Waals surface area contributed by atoms with Crippen molar-refractivity contribution in [1.82, 2.24) is 112 Å². The van der Waals surface area contributed by atoms with Crippen LogP contribution in [0.1, 0.15) is 183 Å². The number of nitrogens with two attached hydrogens (primary N) is 4. The first-order chi connectivity index (χ1) is 68.9. The second-order valence-electron chi connectivity index (χ2n) is 40.1. The van der Waals surface area contributed by atoms with Crippen molar-refractivity contribution >= 4 is 218 Å². The summed E-state index contributed by atoms with van der Waals surface area (Å²) in [6.07, 6.45) is 46.0. The maximum Gasteiger partial charge on any atom is 1.00 e. The number of piperidine rings is 4. The molecule has 12 N–H and O–H groups in total. The van der Waals surface area contributed by atoms with E-state index in [0.29, 0.717) is 42.7 Å². The quantitative estimate of drug-likeness (QED) is 0.0302. The third-order valence-corrected chi connectivity index (χ3v) is 38.2. The Hall–Kier alpha value is -8.09. The van der Waals surface area contributed by atoms with Crippen LogP contribution in [0.2, 0.25) is 20.4 Å². The summed E-state index contributed by atoms with van der Waals surface area (Å²) in [6.45, 7) is 25.4. The van der Waals surface area contributed by atoms with E-state index in [-0.39, 0.29) is 102 Å². The fourth-order valence-electron chi connectivity index (χ4n) is 20.3. The van der Waals surface area contributed by atoms with Gasteiger partial charge in [-0.3, -0.25) is 37.5 Å². The Morgan fingerprint density at radius 3 is 1.08 bits per heavy atom. The number of nitrogen functional groups attached to an aromatic ring is 3. The molecule has 19 heterocycles. The van der Waals surface area contributed by atoms with Gasteiger partial charge in [0.05, 0.1) is 99.1 Å². The van der Waals surface area contributed by atoms with E-state index in [1.165, 1.54) is 57.7 Å². The topological polar surface area (TPSA) is 424 Å². The number of hydrogen-bond donors (Lipinski definition) is 8. The molecule has 0 unspecified atom stereocenters. The average molecular weight is 2320 g/mol. The first-order valence-corrected chi connectivity index (χ1v) is 56.0. The maximum absolute atomic E-state index is 13.2. The Balaban J connectivity index is 0.000000132. The van der Waals surface area contributed by atoms with E-state index in [4.69, 9.17) is 96.9 Å². The molecule has 0 aromatic carbocycles. The summed E-state index contributed by atoms with van der Waals surface area (Å²) in [6, 6.07) is 22.1. The van der Waals surface area contributed by atoms with Crippen LogP contribution in [0, 0.1) is 21.7 Å². The molecular formula is C99H114Br2Cl5N30NaO3S6. The zero-order chi connectivity index (χ0) is 102. The van der Waals surface area contributed by atoms with E-state index < -0.39 is 33.0 Å². The number of aromatic nitrogens is 19. The van der Waals surface area contributed by atoms with Gasteiger partial charge in [-0.25, -0.2) is 81.6 Å². The van der Waals surface area contributed by atoms with Gasteiger partial charge in [0.25, 0.3) is 0 Å². The molecule has 4 saturated heterocycles. The predicted molar refractivity (Wildman–Crippen MR) is 591 cm³/mol. The van der Waals surface area contributed by atoms with Gasteiger partial charge < -0.3 is 55.6 Å². The van der Waals surface area contributed by atoms with Gasteiger partial charge in [0.15, 0.2) is 22.6 Å². The van der Waals surface area contributed by atoms with Crippen molar-refractivity contribution in [2.24, 2.45) is 27.4 Å². The fourth-order valence-corrected chi connectivity index (χ4v) is 26.6. The van der Waals surface area contributed by atoms with E-state index in [1.807, 2.05) is 174 Å². The first-order valence-electron chi connectivity index (χ1n) is 47.4. The summed E-state index contributed by atoms with van der Waals surface area (Å²) >= 11 is 38.7. The molecule has 15 aromatic rings. The molecule has 0 amide bonds. The molecule has 23 rings (SSSR count). The van der Waals surface area contributed by atoms with Gasteiger partial charge in [0.1, 0.15) is 17.5 Å². The predicted octanol–water partition coefficient (Wildman–Crippen LogP) is 15.3. The summed E-state index contributed by atoms with van der Waals surface area (Å²) < 4.78 is 57.9. The monoisotopic (exact) mass is 2320 g/mol. The van der Waals surface area contributed by atoms with Crippen LogP contribution < -0.4 is 86.7 Å². The van der Waals surface area contributed by atoms with Crippen LogP contribution >= 0.6 is 114 Å². The van der Waals surface area contributed by atoms with Crippen molar-refractivity contribution in [3.63, 3.8) is 0 Å². The molecule has 7 atom stereocenters. The summed E-state index contributed by atoms with van der Waals surface area (Å²) in [5.41, 5.74) is 36.7. The molecule has 764 valence electrons. The third-order valence-electron chi connectivity index (χ3n) is 28.1. The van der Waals surface area contributed by atoms with E-state index in [9.17, 15) is 12.6 Å². The molecule has 4 aliphatic heterocycles. The number of hydrogen-bond acceptors (Lipinski definition) is 29. The second kappa shape index (κ2) is 46.2.